The van der Waals surface area contributed by atoms with Crippen LogP contribution in [0.15, 0.2) is 17.5 Å². The molecule has 0 unspecified atom stereocenters. The summed E-state index contributed by atoms with van der Waals surface area (Å²) in [4.78, 5) is 28.2. The molecular weight excluding hydrogens is 324 g/mol. The SMILES string of the molecule is O=C(NCC1CC1)[C@H]1CN(C(=O)c2cccs2)CC12CCOCC2. The first-order valence-electron chi connectivity index (χ1n) is 8.86. The molecular formula is C18H24N2O3S. The fourth-order valence-electron chi connectivity index (χ4n) is 4.02. The van der Waals surface area contributed by atoms with Crippen LogP contribution >= 0.6 is 11.3 Å². The molecule has 1 aromatic rings. The third-order valence-corrected chi connectivity index (χ3v) is 6.59. The van der Waals surface area contributed by atoms with E-state index in [1.54, 1.807) is 0 Å². The highest BCUT2D eigenvalue weighted by molar-refractivity contribution is 7.12. The van der Waals surface area contributed by atoms with Crippen LogP contribution in [-0.4, -0.2) is 49.6 Å². The molecule has 3 fully saturated rings. The Morgan fingerprint density at radius 1 is 1.33 bits per heavy atom. The molecule has 1 N–H and O–H groups in total. The van der Waals surface area contributed by atoms with Crippen molar-refractivity contribution in [2.75, 3.05) is 32.8 Å². The summed E-state index contributed by atoms with van der Waals surface area (Å²) in [6.45, 7) is 3.38. The Labute approximate surface area is 146 Å². The van der Waals surface area contributed by atoms with E-state index in [-0.39, 0.29) is 23.1 Å². The Kier molecular flexibility index (Phi) is 4.35. The van der Waals surface area contributed by atoms with Gasteiger partial charge in [-0.3, -0.25) is 9.59 Å². The predicted molar refractivity (Wildman–Crippen MR) is 91.9 cm³/mol. The summed E-state index contributed by atoms with van der Waals surface area (Å²) >= 11 is 1.47. The van der Waals surface area contributed by atoms with E-state index in [9.17, 15) is 9.59 Å². The van der Waals surface area contributed by atoms with Crippen LogP contribution < -0.4 is 5.32 Å². The summed E-state index contributed by atoms with van der Waals surface area (Å²) in [7, 11) is 0. The van der Waals surface area contributed by atoms with Gasteiger partial charge in [0.1, 0.15) is 0 Å². The average molecular weight is 348 g/mol. The lowest BCUT2D eigenvalue weighted by atomic mass is 9.71. The third-order valence-electron chi connectivity index (χ3n) is 5.73. The molecule has 1 aromatic heterocycles. The molecule has 1 saturated carbocycles. The first-order chi connectivity index (χ1) is 11.7. The van der Waals surface area contributed by atoms with Crippen molar-refractivity contribution in [3.63, 3.8) is 0 Å². The molecule has 0 bridgehead atoms. The summed E-state index contributed by atoms with van der Waals surface area (Å²) in [5, 5.41) is 5.06. The lowest BCUT2D eigenvalue weighted by molar-refractivity contribution is -0.129. The van der Waals surface area contributed by atoms with Gasteiger partial charge in [0.05, 0.1) is 10.8 Å². The smallest absolute Gasteiger partial charge is 0.263 e. The summed E-state index contributed by atoms with van der Waals surface area (Å²) in [6, 6.07) is 3.77. The molecule has 24 heavy (non-hydrogen) atoms. The van der Waals surface area contributed by atoms with Crippen LogP contribution in [0.25, 0.3) is 0 Å². The van der Waals surface area contributed by atoms with Crippen LogP contribution in [0.3, 0.4) is 0 Å². The van der Waals surface area contributed by atoms with Gasteiger partial charge in [-0.05, 0) is 43.0 Å². The minimum absolute atomic E-state index is 0.0633. The zero-order chi connectivity index (χ0) is 16.6. The zero-order valence-corrected chi connectivity index (χ0v) is 14.6. The highest BCUT2D eigenvalue weighted by Gasteiger charge is 2.51. The van der Waals surface area contributed by atoms with Gasteiger partial charge in [0, 0.05) is 38.3 Å². The number of carbonyl (C=O) groups is 2. The minimum Gasteiger partial charge on any atom is -0.381 e. The van der Waals surface area contributed by atoms with E-state index in [2.05, 4.69) is 5.32 Å². The molecule has 3 aliphatic rings. The first kappa shape index (κ1) is 16.1. The van der Waals surface area contributed by atoms with Gasteiger partial charge in [0.15, 0.2) is 0 Å². The molecule has 2 saturated heterocycles. The number of hydrogen-bond donors (Lipinski definition) is 1. The van der Waals surface area contributed by atoms with E-state index in [0.717, 1.165) is 24.3 Å². The highest BCUT2D eigenvalue weighted by Crippen LogP contribution is 2.45. The quantitative estimate of drug-likeness (QED) is 0.907. The molecule has 0 aromatic carbocycles. The Balaban J connectivity index is 1.50. The van der Waals surface area contributed by atoms with Gasteiger partial charge in [-0.2, -0.15) is 0 Å². The minimum atomic E-state index is -0.112. The van der Waals surface area contributed by atoms with Gasteiger partial charge in [0.2, 0.25) is 5.91 Å². The fraction of sp³-hybridized carbons (Fsp3) is 0.667. The van der Waals surface area contributed by atoms with Crippen molar-refractivity contribution in [2.24, 2.45) is 17.3 Å². The standard InChI is InChI=1S/C18H24N2O3S/c21-16(19-10-13-3-4-13)14-11-20(17(22)15-2-1-9-24-15)12-18(14)5-7-23-8-6-18/h1-2,9,13-14H,3-8,10-12H2,(H,19,21)/t14-/m1/s1. The molecule has 1 atom stereocenters. The van der Waals surface area contributed by atoms with Crippen LogP contribution in [0, 0.1) is 17.3 Å². The fourth-order valence-corrected chi connectivity index (χ4v) is 4.71. The monoisotopic (exact) mass is 348 g/mol. The molecule has 3 heterocycles. The van der Waals surface area contributed by atoms with Crippen LogP contribution in [0.5, 0.6) is 0 Å². The largest absolute Gasteiger partial charge is 0.381 e. The Morgan fingerprint density at radius 2 is 2.12 bits per heavy atom. The lowest BCUT2D eigenvalue weighted by Crippen LogP contribution is -2.44. The highest BCUT2D eigenvalue weighted by atomic mass is 32.1. The van der Waals surface area contributed by atoms with Gasteiger partial charge in [-0.1, -0.05) is 6.07 Å². The Bertz CT molecular complexity index is 606. The molecule has 1 aliphatic carbocycles. The van der Waals surface area contributed by atoms with Crippen molar-refractivity contribution in [1.29, 1.82) is 0 Å². The van der Waals surface area contributed by atoms with E-state index in [0.29, 0.717) is 32.2 Å². The second-order valence-corrected chi connectivity index (χ2v) is 8.33. The van der Waals surface area contributed by atoms with Gasteiger partial charge in [-0.25, -0.2) is 0 Å². The topological polar surface area (TPSA) is 58.6 Å². The second kappa shape index (κ2) is 6.48. The Morgan fingerprint density at radius 3 is 2.79 bits per heavy atom. The van der Waals surface area contributed by atoms with Crippen LogP contribution in [0.2, 0.25) is 0 Å². The van der Waals surface area contributed by atoms with E-state index in [4.69, 9.17) is 4.74 Å². The number of ether oxygens (including phenoxy) is 1. The molecule has 2 aliphatic heterocycles. The van der Waals surface area contributed by atoms with E-state index < -0.39 is 0 Å². The van der Waals surface area contributed by atoms with E-state index in [1.165, 1.54) is 24.2 Å². The number of likely N-dealkylation sites (tertiary alicyclic amines) is 1. The predicted octanol–water partition coefficient (Wildman–Crippen LogP) is 2.14. The van der Waals surface area contributed by atoms with Crippen molar-refractivity contribution < 1.29 is 14.3 Å². The van der Waals surface area contributed by atoms with Gasteiger partial charge >= 0.3 is 0 Å². The van der Waals surface area contributed by atoms with Gasteiger partial charge in [-0.15, -0.1) is 11.3 Å². The van der Waals surface area contributed by atoms with Crippen molar-refractivity contribution >= 4 is 23.2 Å². The zero-order valence-electron chi connectivity index (χ0n) is 13.8. The number of nitrogens with zero attached hydrogens (tertiary/aromatic N) is 1. The molecule has 130 valence electrons. The van der Waals surface area contributed by atoms with Crippen molar-refractivity contribution in [1.82, 2.24) is 10.2 Å². The molecule has 6 heteroatoms. The number of nitrogens with one attached hydrogen (secondary N) is 1. The number of amides is 2. The maximum atomic E-state index is 12.8. The summed E-state index contributed by atoms with van der Waals surface area (Å²) in [5.41, 5.74) is -0.112. The van der Waals surface area contributed by atoms with Crippen LogP contribution in [0.4, 0.5) is 0 Å². The summed E-state index contributed by atoms with van der Waals surface area (Å²) < 4.78 is 5.53. The lowest BCUT2D eigenvalue weighted by Gasteiger charge is -2.37. The van der Waals surface area contributed by atoms with Crippen molar-refractivity contribution in [3.8, 4) is 0 Å². The van der Waals surface area contributed by atoms with Crippen LogP contribution in [0.1, 0.15) is 35.4 Å². The molecule has 5 nitrogen and oxygen atoms in total. The van der Waals surface area contributed by atoms with Crippen molar-refractivity contribution in [3.05, 3.63) is 22.4 Å². The van der Waals surface area contributed by atoms with Gasteiger partial charge in [0.25, 0.3) is 5.91 Å². The number of rotatable bonds is 4. The maximum absolute atomic E-state index is 12.8. The Hall–Kier alpha value is -1.40. The van der Waals surface area contributed by atoms with E-state index >= 15 is 0 Å². The van der Waals surface area contributed by atoms with E-state index in [1.807, 2.05) is 22.4 Å². The molecule has 1 spiro atoms. The van der Waals surface area contributed by atoms with Crippen LogP contribution in [-0.2, 0) is 9.53 Å². The van der Waals surface area contributed by atoms with Crippen molar-refractivity contribution in [2.45, 2.75) is 25.7 Å². The first-order valence-corrected chi connectivity index (χ1v) is 9.74. The molecule has 0 radical (unpaired) electrons. The second-order valence-electron chi connectivity index (χ2n) is 7.38. The van der Waals surface area contributed by atoms with Gasteiger partial charge < -0.3 is 15.0 Å². The maximum Gasteiger partial charge on any atom is 0.263 e. The normalized spacial score (nSPS) is 25.8. The number of thiophene rings is 1. The average Bonchev–Trinajstić information content (AvgIpc) is 3.13. The number of hydrogen-bond acceptors (Lipinski definition) is 4. The molecule has 4 rings (SSSR count). The summed E-state index contributed by atoms with van der Waals surface area (Å²) in [6.07, 6.45) is 4.19. The molecule has 2 amide bonds. The summed E-state index contributed by atoms with van der Waals surface area (Å²) in [5.74, 6) is 0.757. The number of carbonyl (C=O) groups excluding carboxylic acids is 2. The third kappa shape index (κ3) is 3.09.